The summed E-state index contributed by atoms with van der Waals surface area (Å²) in [5.41, 5.74) is 2.79. The molecule has 0 atom stereocenters. The molecule has 1 aromatic carbocycles. The minimum atomic E-state index is -0.0430. The van der Waals surface area contributed by atoms with Crippen molar-refractivity contribution in [3.63, 3.8) is 0 Å². The van der Waals surface area contributed by atoms with Crippen molar-refractivity contribution in [3.05, 3.63) is 54.2 Å². The molecule has 0 aliphatic carbocycles. The summed E-state index contributed by atoms with van der Waals surface area (Å²) < 4.78 is 1.87. The summed E-state index contributed by atoms with van der Waals surface area (Å²) in [6.45, 7) is 2.07. The molecular weight excluding hydrogens is 296 g/mol. The number of carbonyl (C=O) groups excluding carboxylic acids is 1. The highest BCUT2D eigenvalue weighted by molar-refractivity contribution is 7.99. The first kappa shape index (κ1) is 14.6. The smallest absolute Gasteiger partial charge is 0.234 e. The van der Waals surface area contributed by atoms with E-state index in [1.165, 1.54) is 11.8 Å². The zero-order valence-corrected chi connectivity index (χ0v) is 13.0. The molecule has 3 aromatic rings. The zero-order valence-electron chi connectivity index (χ0n) is 12.2. The van der Waals surface area contributed by atoms with Gasteiger partial charge in [-0.25, -0.2) is 0 Å². The van der Waals surface area contributed by atoms with Crippen molar-refractivity contribution in [1.82, 2.24) is 14.6 Å². The number of fused-ring (bicyclic) bond motifs is 1. The van der Waals surface area contributed by atoms with E-state index >= 15 is 0 Å². The fraction of sp³-hybridized carbons (Fsp3) is 0.188. The van der Waals surface area contributed by atoms with Gasteiger partial charge in [-0.05, 0) is 30.2 Å². The first-order valence-electron chi connectivity index (χ1n) is 7.08. The van der Waals surface area contributed by atoms with Crippen LogP contribution in [0.3, 0.4) is 0 Å². The Morgan fingerprint density at radius 2 is 2.00 bits per heavy atom. The lowest BCUT2D eigenvalue weighted by Gasteiger charge is -2.09. The summed E-state index contributed by atoms with van der Waals surface area (Å²) in [5, 5.41) is 11.8. The van der Waals surface area contributed by atoms with E-state index in [0.29, 0.717) is 5.75 Å². The Hall–Kier alpha value is -2.34. The molecule has 5 nitrogen and oxygen atoms in total. The summed E-state index contributed by atoms with van der Waals surface area (Å²) in [4.78, 5) is 12.1. The summed E-state index contributed by atoms with van der Waals surface area (Å²) in [5.74, 6) is 0.256. The minimum absolute atomic E-state index is 0.0430. The van der Waals surface area contributed by atoms with E-state index in [1.54, 1.807) is 0 Å². The molecule has 0 unspecified atom stereocenters. The summed E-state index contributed by atoms with van der Waals surface area (Å²) >= 11 is 1.37. The molecule has 22 heavy (non-hydrogen) atoms. The predicted octanol–water partition coefficient (Wildman–Crippen LogP) is 3.02. The summed E-state index contributed by atoms with van der Waals surface area (Å²) in [6, 6.07) is 13.6. The van der Waals surface area contributed by atoms with Crippen LogP contribution in [0.15, 0.2) is 53.8 Å². The molecule has 112 valence electrons. The lowest BCUT2D eigenvalue weighted by Crippen LogP contribution is -2.15. The van der Waals surface area contributed by atoms with E-state index < -0.39 is 0 Å². The highest BCUT2D eigenvalue weighted by Crippen LogP contribution is 2.19. The van der Waals surface area contributed by atoms with Crippen LogP contribution in [0.5, 0.6) is 0 Å². The van der Waals surface area contributed by atoms with E-state index in [9.17, 15) is 4.79 Å². The Morgan fingerprint density at radius 3 is 2.86 bits per heavy atom. The fourth-order valence-electron chi connectivity index (χ4n) is 2.18. The van der Waals surface area contributed by atoms with Crippen LogP contribution < -0.4 is 5.32 Å². The van der Waals surface area contributed by atoms with E-state index in [4.69, 9.17) is 0 Å². The van der Waals surface area contributed by atoms with Crippen LogP contribution in [0.4, 0.5) is 5.69 Å². The lowest BCUT2D eigenvalue weighted by atomic mass is 10.1. The molecule has 1 amide bonds. The molecule has 0 aliphatic rings. The van der Waals surface area contributed by atoms with Crippen LogP contribution in [0, 0.1) is 0 Å². The minimum Gasteiger partial charge on any atom is -0.325 e. The van der Waals surface area contributed by atoms with Crippen molar-refractivity contribution in [1.29, 1.82) is 0 Å². The van der Waals surface area contributed by atoms with Crippen molar-refractivity contribution in [2.24, 2.45) is 0 Å². The van der Waals surface area contributed by atoms with E-state index in [2.05, 4.69) is 22.4 Å². The van der Waals surface area contributed by atoms with Crippen molar-refractivity contribution >= 4 is 29.0 Å². The van der Waals surface area contributed by atoms with Gasteiger partial charge in [-0.2, -0.15) is 0 Å². The third kappa shape index (κ3) is 3.12. The Kier molecular flexibility index (Phi) is 4.39. The molecule has 0 spiro atoms. The highest BCUT2D eigenvalue weighted by atomic mass is 32.2. The van der Waals surface area contributed by atoms with Crippen LogP contribution in [0.2, 0.25) is 0 Å². The lowest BCUT2D eigenvalue weighted by molar-refractivity contribution is -0.113. The fourth-order valence-corrected chi connectivity index (χ4v) is 2.91. The van der Waals surface area contributed by atoms with Gasteiger partial charge in [0.2, 0.25) is 5.91 Å². The molecular formula is C16H16N4OS. The zero-order chi connectivity index (χ0) is 15.4. The molecule has 0 saturated carbocycles. The van der Waals surface area contributed by atoms with Crippen molar-refractivity contribution in [3.8, 4) is 0 Å². The number of aromatic nitrogens is 3. The van der Waals surface area contributed by atoms with Gasteiger partial charge < -0.3 is 5.32 Å². The second-order valence-corrected chi connectivity index (χ2v) is 5.70. The number of amides is 1. The van der Waals surface area contributed by atoms with Crippen LogP contribution in [-0.4, -0.2) is 26.3 Å². The third-order valence-corrected chi connectivity index (χ3v) is 4.23. The molecule has 6 heteroatoms. The van der Waals surface area contributed by atoms with E-state index in [0.717, 1.165) is 28.5 Å². The molecule has 2 aromatic heterocycles. The average Bonchev–Trinajstić information content (AvgIpc) is 2.97. The number of hydrogen-bond donors (Lipinski definition) is 1. The van der Waals surface area contributed by atoms with Gasteiger partial charge in [0.1, 0.15) is 0 Å². The number of para-hydroxylation sites is 1. The average molecular weight is 312 g/mol. The maximum Gasteiger partial charge on any atom is 0.234 e. The van der Waals surface area contributed by atoms with E-state index in [-0.39, 0.29) is 5.91 Å². The van der Waals surface area contributed by atoms with Crippen LogP contribution in [0.25, 0.3) is 5.65 Å². The number of nitrogens with zero attached hydrogens (tertiary/aromatic N) is 3. The van der Waals surface area contributed by atoms with Gasteiger partial charge in [0, 0.05) is 11.9 Å². The summed E-state index contributed by atoms with van der Waals surface area (Å²) in [6.07, 6.45) is 2.78. The summed E-state index contributed by atoms with van der Waals surface area (Å²) in [7, 11) is 0. The first-order valence-corrected chi connectivity index (χ1v) is 8.07. The molecule has 0 radical (unpaired) electrons. The molecule has 3 rings (SSSR count). The van der Waals surface area contributed by atoms with Gasteiger partial charge in [0.15, 0.2) is 10.8 Å². The topological polar surface area (TPSA) is 59.3 Å². The van der Waals surface area contributed by atoms with Gasteiger partial charge in [-0.1, -0.05) is 43.0 Å². The number of thioether (sulfide) groups is 1. The van der Waals surface area contributed by atoms with Crippen LogP contribution in [-0.2, 0) is 11.2 Å². The number of rotatable bonds is 5. The molecule has 0 bridgehead atoms. The second kappa shape index (κ2) is 6.62. The van der Waals surface area contributed by atoms with Crippen molar-refractivity contribution in [2.45, 2.75) is 18.5 Å². The maximum atomic E-state index is 12.1. The van der Waals surface area contributed by atoms with Gasteiger partial charge >= 0.3 is 0 Å². The van der Waals surface area contributed by atoms with E-state index in [1.807, 2.05) is 53.1 Å². The quantitative estimate of drug-likeness (QED) is 0.736. The number of hydrogen-bond acceptors (Lipinski definition) is 4. The largest absolute Gasteiger partial charge is 0.325 e. The SMILES string of the molecule is CCc1ccccc1NC(=O)CSc1nnc2ccccn12. The standard InChI is InChI=1S/C16H16N4OS/c1-2-12-7-3-4-8-13(12)17-15(21)11-22-16-19-18-14-9-5-6-10-20(14)16/h3-10H,2,11H2,1H3,(H,17,21). The monoisotopic (exact) mass is 312 g/mol. The van der Waals surface area contributed by atoms with Gasteiger partial charge in [-0.3, -0.25) is 9.20 Å². The van der Waals surface area contributed by atoms with Crippen molar-refractivity contribution in [2.75, 3.05) is 11.1 Å². The number of nitrogens with one attached hydrogen (secondary N) is 1. The highest BCUT2D eigenvalue weighted by Gasteiger charge is 2.10. The number of anilines is 1. The Balaban J connectivity index is 1.65. The Bertz CT molecular complexity index is 799. The number of carbonyl (C=O) groups is 1. The van der Waals surface area contributed by atoms with Gasteiger partial charge in [0.05, 0.1) is 5.75 Å². The Morgan fingerprint density at radius 1 is 1.18 bits per heavy atom. The molecule has 1 N–H and O–H groups in total. The Labute approximate surface area is 132 Å². The van der Waals surface area contributed by atoms with Crippen LogP contribution >= 0.6 is 11.8 Å². The molecule has 2 heterocycles. The molecule has 0 fully saturated rings. The van der Waals surface area contributed by atoms with Gasteiger partial charge in [0.25, 0.3) is 0 Å². The third-order valence-electron chi connectivity index (χ3n) is 3.29. The second-order valence-electron chi connectivity index (χ2n) is 4.76. The van der Waals surface area contributed by atoms with Crippen molar-refractivity contribution < 1.29 is 4.79 Å². The molecule has 0 aliphatic heterocycles. The number of pyridine rings is 1. The van der Waals surface area contributed by atoms with Gasteiger partial charge in [-0.15, -0.1) is 10.2 Å². The predicted molar refractivity (Wildman–Crippen MR) is 88.2 cm³/mol. The molecule has 0 saturated heterocycles. The van der Waals surface area contributed by atoms with Crippen LogP contribution in [0.1, 0.15) is 12.5 Å². The number of aryl methyl sites for hydroxylation is 1. The maximum absolute atomic E-state index is 12.1. The first-order chi connectivity index (χ1) is 10.8. The normalized spacial score (nSPS) is 10.8. The number of benzene rings is 1.